The number of nitrogens with two attached hydrogens (primary N) is 1. The zero-order valence-corrected chi connectivity index (χ0v) is 6.35. The first-order valence-corrected chi connectivity index (χ1v) is 3.30. The second-order valence-corrected chi connectivity index (χ2v) is 2.33. The third-order valence-electron chi connectivity index (χ3n) is 1.14. The van der Waals surface area contributed by atoms with E-state index in [1.54, 1.807) is 12.1 Å². The van der Waals surface area contributed by atoms with E-state index in [9.17, 15) is 4.79 Å². The molecule has 1 rings (SSSR count). The summed E-state index contributed by atoms with van der Waals surface area (Å²) in [5.41, 5.74) is 2.31. The number of hydrazine groups is 1. The molecule has 0 saturated carbocycles. The number of hydrogen-bond acceptors (Lipinski definition) is 2. The second kappa shape index (κ2) is 3.37. The Hall–Kier alpha value is -1.06. The van der Waals surface area contributed by atoms with Crippen molar-refractivity contribution in [1.82, 2.24) is 5.43 Å². The number of carbonyl (C=O) groups excluding carboxylic acids is 1. The van der Waals surface area contributed by atoms with Gasteiger partial charge in [0.05, 0.1) is 5.56 Å². The Kier molecular flexibility index (Phi) is 2.46. The summed E-state index contributed by atoms with van der Waals surface area (Å²) in [7, 11) is 0. The van der Waals surface area contributed by atoms with Crippen LogP contribution < -0.4 is 11.3 Å². The van der Waals surface area contributed by atoms with E-state index >= 15 is 0 Å². The van der Waals surface area contributed by atoms with Crippen LogP contribution in [0, 0.1) is 6.07 Å². The number of nitrogens with one attached hydrogen (secondary N) is 1. The maximum atomic E-state index is 10.8. The lowest BCUT2D eigenvalue weighted by atomic mass is 10.2. The summed E-state index contributed by atoms with van der Waals surface area (Å²) in [6.07, 6.45) is 0. The standard InChI is InChI=1S/C7H6ClN2O/c8-6-3-1-2-5(4-6)7(11)10-9/h1,3-4H,9H2,(H,10,11). The molecule has 1 aromatic rings. The molecule has 0 heterocycles. The molecule has 1 aromatic carbocycles. The van der Waals surface area contributed by atoms with Crippen molar-refractivity contribution in [3.05, 3.63) is 34.9 Å². The molecule has 0 aliphatic heterocycles. The van der Waals surface area contributed by atoms with E-state index in [-0.39, 0.29) is 0 Å². The van der Waals surface area contributed by atoms with E-state index in [2.05, 4.69) is 6.07 Å². The van der Waals surface area contributed by atoms with Gasteiger partial charge in [-0.25, -0.2) is 5.84 Å². The summed E-state index contributed by atoms with van der Waals surface area (Å²) in [6, 6.07) is 7.37. The molecule has 0 saturated heterocycles. The Morgan fingerprint density at radius 3 is 3.00 bits per heavy atom. The number of hydrogen-bond donors (Lipinski definition) is 2. The topological polar surface area (TPSA) is 55.1 Å². The molecule has 11 heavy (non-hydrogen) atoms. The molecule has 0 fully saturated rings. The third-order valence-corrected chi connectivity index (χ3v) is 1.37. The number of carbonyl (C=O) groups is 1. The van der Waals surface area contributed by atoms with Gasteiger partial charge < -0.3 is 0 Å². The number of rotatable bonds is 1. The van der Waals surface area contributed by atoms with Crippen LogP contribution in [0.15, 0.2) is 18.2 Å². The average Bonchev–Trinajstić information content (AvgIpc) is 2.03. The summed E-state index contributed by atoms with van der Waals surface area (Å²) >= 11 is 5.61. The van der Waals surface area contributed by atoms with Gasteiger partial charge in [0.1, 0.15) is 0 Å². The summed E-state index contributed by atoms with van der Waals surface area (Å²) in [4.78, 5) is 10.8. The van der Waals surface area contributed by atoms with Gasteiger partial charge in [0, 0.05) is 5.02 Å². The molecular formula is C7H6ClN2O. The Morgan fingerprint density at radius 2 is 2.45 bits per heavy atom. The van der Waals surface area contributed by atoms with Gasteiger partial charge in [0.15, 0.2) is 0 Å². The molecule has 0 spiro atoms. The highest BCUT2D eigenvalue weighted by molar-refractivity contribution is 6.30. The Bertz CT molecular complexity index is 275. The predicted molar refractivity (Wildman–Crippen MR) is 41.9 cm³/mol. The Morgan fingerprint density at radius 1 is 1.73 bits per heavy atom. The van der Waals surface area contributed by atoms with Crippen LogP contribution in [0.1, 0.15) is 10.4 Å². The SMILES string of the molecule is NNC(=O)c1[c]ccc(Cl)c1. The first-order valence-electron chi connectivity index (χ1n) is 2.92. The highest BCUT2D eigenvalue weighted by atomic mass is 35.5. The van der Waals surface area contributed by atoms with Crippen molar-refractivity contribution >= 4 is 17.5 Å². The maximum absolute atomic E-state index is 10.8. The molecule has 0 bridgehead atoms. The van der Waals surface area contributed by atoms with Crippen LogP contribution in [-0.4, -0.2) is 5.91 Å². The van der Waals surface area contributed by atoms with E-state index < -0.39 is 5.91 Å². The van der Waals surface area contributed by atoms with Crippen LogP contribution in [0.3, 0.4) is 0 Å². The van der Waals surface area contributed by atoms with Gasteiger partial charge in [-0.2, -0.15) is 0 Å². The first-order chi connectivity index (χ1) is 5.24. The molecule has 1 amide bonds. The largest absolute Gasteiger partial charge is 0.290 e. The molecule has 4 heteroatoms. The minimum atomic E-state index is -0.396. The maximum Gasteiger partial charge on any atom is 0.265 e. The van der Waals surface area contributed by atoms with E-state index in [0.717, 1.165) is 0 Å². The predicted octanol–water partition coefficient (Wildman–Crippen LogP) is 0.744. The molecule has 3 N–H and O–H groups in total. The van der Waals surface area contributed by atoms with Crippen molar-refractivity contribution in [2.45, 2.75) is 0 Å². The van der Waals surface area contributed by atoms with Crippen LogP contribution in [-0.2, 0) is 0 Å². The summed E-state index contributed by atoms with van der Waals surface area (Å²) < 4.78 is 0. The fourth-order valence-electron chi connectivity index (χ4n) is 0.648. The molecule has 0 unspecified atom stereocenters. The van der Waals surface area contributed by atoms with Crippen molar-refractivity contribution in [3.63, 3.8) is 0 Å². The molecule has 0 atom stereocenters. The molecule has 1 radical (unpaired) electrons. The molecule has 0 aliphatic carbocycles. The van der Waals surface area contributed by atoms with Gasteiger partial charge in [-0.3, -0.25) is 10.2 Å². The van der Waals surface area contributed by atoms with Crippen molar-refractivity contribution in [3.8, 4) is 0 Å². The fourth-order valence-corrected chi connectivity index (χ4v) is 0.820. The van der Waals surface area contributed by atoms with Crippen LogP contribution in [0.2, 0.25) is 5.02 Å². The Labute approximate surface area is 69.1 Å². The lowest BCUT2D eigenvalue weighted by Crippen LogP contribution is -2.29. The minimum absolute atomic E-state index is 0.333. The quantitative estimate of drug-likeness (QED) is 0.370. The smallest absolute Gasteiger partial charge is 0.265 e. The Balaban J connectivity index is 2.96. The molecule has 57 valence electrons. The van der Waals surface area contributed by atoms with Crippen LogP contribution in [0.4, 0.5) is 0 Å². The van der Waals surface area contributed by atoms with Gasteiger partial charge in [0.2, 0.25) is 0 Å². The lowest BCUT2D eigenvalue weighted by molar-refractivity contribution is 0.0953. The number of halogens is 1. The lowest BCUT2D eigenvalue weighted by Gasteiger charge is -1.97. The van der Waals surface area contributed by atoms with E-state index in [0.29, 0.717) is 10.6 Å². The van der Waals surface area contributed by atoms with Gasteiger partial charge in [-0.1, -0.05) is 17.7 Å². The normalized spacial score (nSPS) is 9.27. The molecule has 0 aromatic heterocycles. The van der Waals surface area contributed by atoms with Crippen LogP contribution >= 0.6 is 11.6 Å². The van der Waals surface area contributed by atoms with Crippen molar-refractivity contribution in [2.24, 2.45) is 5.84 Å². The summed E-state index contributed by atoms with van der Waals surface area (Å²) in [5.74, 6) is 4.50. The average molecular weight is 170 g/mol. The third kappa shape index (κ3) is 1.93. The fraction of sp³-hybridized carbons (Fsp3) is 0. The van der Waals surface area contributed by atoms with Crippen molar-refractivity contribution < 1.29 is 4.79 Å². The summed E-state index contributed by atoms with van der Waals surface area (Å²) in [6.45, 7) is 0. The molecule has 3 nitrogen and oxygen atoms in total. The van der Waals surface area contributed by atoms with Gasteiger partial charge in [0.25, 0.3) is 5.91 Å². The van der Waals surface area contributed by atoms with E-state index in [1.165, 1.54) is 6.07 Å². The number of amides is 1. The van der Waals surface area contributed by atoms with Gasteiger partial charge in [-0.15, -0.1) is 0 Å². The zero-order valence-electron chi connectivity index (χ0n) is 5.60. The van der Waals surface area contributed by atoms with Crippen LogP contribution in [0.5, 0.6) is 0 Å². The molecular weight excluding hydrogens is 164 g/mol. The highest BCUT2D eigenvalue weighted by Crippen LogP contribution is 2.09. The van der Waals surface area contributed by atoms with Gasteiger partial charge >= 0.3 is 0 Å². The molecule has 0 aliphatic rings. The highest BCUT2D eigenvalue weighted by Gasteiger charge is 2.02. The van der Waals surface area contributed by atoms with E-state index in [1.807, 2.05) is 5.43 Å². The number of benzene rings is 1. The van der Waals surface area contributed by atoms with Crippen molar-refractivity contribution in [2.75, 3.05) is 0 Å². The minimum Gasteiger partial charge on any atom is -0.290 e. The zero-order chi connectivity index (χ0) is 8.27. The monoisotopic (exact) mass is 169 g/mol. The van der Waals surface area contributed by atoms with Gasteiger partial charge in [-0.05, 0) is 18.2 Å². The van der Waals surface area contributed by atoms with Crippen LogP contribution in [0.25, 0.3) is 0 Å². The first kappa shape index (κ1) is 8.04. The summed E-state index contributed by atoms with van der Waals surface area (Å²) in [5, 5.41) is 0.488. The van der Waals surface area contributed by atoms with Crippen molar-refractivity contribution in [1.29, 1.82) is 0 Å². The number of nitrogen functional groups attached to an aromatic ring is 1. The second-order valence-electron chi connectivity index (χ2n) is 1.89. The van der Waals surface area contributed by atoms with E-state index in [4.69, 9.17) is 17.4 Å².